The minimum atomic E-state index is -0.297. The van der Waals surface area contributed by atoms with Crippen LogP contribution in [0.5, 0.6) is 0 Å². The zero-order chi connectivity index (χ0) is 16.6. The van der Waals surface area contributed by atoms with E-state index in [1.54, 1.807) is 12.3 Å². The van der Waals surface area contributed by atoms with E-state index in [1.165, 1.54) is 15.5 Å². The van der Waals surface area contributed by atoms with Crippen LogP contribution in [0.3, 0.4) is 0 Å². The van der Waals surface area contributed by atoms with Gasteiger partial charge in [-0.05, 0) is 26.1 Å². The molecule has 1 amide bonds. The van der Waals surface area contributed by atoms with Crippen molar-refractivity contribution in [3.8, 4) is 0 Å². The topological polar surface area (TPSA) is 75.7 Å². The van der Waals surface area contributed by atoms with E-state index >= 15 is 0 Å². The summed E-state index contributed by atoms with van der Waals surface area (Å²) >= 11 is 0. The normalized spacial score (nSPS) is 21.5. The predicted octanol–water partition coefficient (Wildman–Crippen LogP) is -0.310. The second-order valence-electron chi connectivity index (χ2n) is 6.25. The summed E-state index contributed by atoms with van der Waals surface area (Å²) in [4.78, 5) is 28.9. The number of nitrogens with zero attached hydrogens (tertiary/aromatic N) is 6. The van der Waals surface area contributed by atoms with Crippen LogP contribution < -0.4 is 5.56 Å². The van der Waals surface area contributed by atoms with Crippen LogP contribution in [-0.2, 0) is 11.3 Å². The van der Waals surface area contributed by atoms with Gasteiger partial charge in [0.15, 0.2) is 0 Å². The second-order valence-corrected chi connectivity index (χ2v) is 6.25. The quantitative estimate of drug-likeness (QED) is 0.773. The van der Waals surface area contributed by atoms with Gasteiger partial charge in [0.2, 0.25) is 5.91 Å². The molecule has 2 atom stereocenters. The number of likely N-dealkylation sites (N-methyl/N-ethyl adjacent to an activating group) is 1. The van der Waals surface area contributed by atoms with Crippen molar-refractivity contribution in [3.63, 3.8) is 0 Å². The Bertz CT molecular complexity index is 765. The third-order valence-electron chi connectivity index (χ3n) is 4.66. The SMILES string of the molecule is CCC1CN(C(=O)Cn2ncn3nccc3c2=O)CC1N(C)C. The van der Waals surface area contributed by atoms with Crippen molar-refractivity contribution in [1.82, 2.24) is 29.2 Å². The fraction of sp³-hybridized carbons (Fsp3) is 0.600. The summed E-state index contributed by atoms with van der Waals surface area (Å²) in [5, 5.41) is 8.00. The lowest BCUT2D eigenvalue weighted by Crippen LogP contribution is -2.39. The first-order chi connectivity index (χ1) is 11.0. The second kappa shape index (κ2) is 6.11. The Balaban J connectivity index is 1.76. The number of aromatic nitrogens is 4. The lowest BCUT2D eigenvalue weighted by Gasteiger charge is -2.23. The van der Waals surface area contributed by atoms with E-state index in [2.05, 4.69) is 22.0 Å². The molecule has 0 aromatic carbocycles. The smallest absolute Gasteiger partial charge is 0.293 e. The Morgan fingerprint density at radius 1 is 1.35 bits per heavy atom. The first-order valence-electron chi connectivity index (χ1n) is 7.85. The Morgan fingerprint density at radius 3 is 2.78 bits per heavy atom. The van der Waals surface area contributed by atoms with Crippen molar-refractivity contribution in [1.29, 1.82) is 0 Å². The molecule has 23 heavy (non-hydrogen) atoms. The summed E-state index contributed by atoms with van der Waals surface area (Å²) in [5.74, 6) is 0.405. The molecule has 1 saturated heterocycles. The van der Waals surface area contributed by atoms with E-state index in [-0.39, 0.29) is 18.0 Å². The van der Waals surface area contributed by atoms with Gasteiger partial charge >= 0.3 is 0 Å². The van der Waals surface area contributed by atoms with E-state index in [9.17, 15) is 9.59 Å². The lowest BCUT2D eigenvalue weighted by atomic mass is 10.0. The minimum Gasteiger partial charge on any atom is -0.339 e. The van der Waals surface area contributed by atoms with E-state index in [4.69, 9.17) is 0 Å². The van der Waals surface area contributed by atoms with Crippen LogP contribution in [0.1, 0.15) is 13.3 Å². The highest BCUT2D eigenvalue weighted by Gasteiger charge is 2.35. The number of hydrogen-bond donors (Lipinski definition) is 0. The Labute approximate surface area is 134 Å². The van der Waals surface area contributed by atoms with Gasteiger partial charge in [-0.25, -0.2) is 9.20 Å². The third-order valence-corrected chi connectivity index (χ3v) is 4.66. The zero-order valence-corrected chi connectivity index (χ0v) is 13.7. The van der Waals surface area contributed by atoms with Crippen LogP contribution in [-0.4, -0.2) is 68.3 Å². The first kappa shape index (κ1) is 15.7. The molecule has 0 spiro atoms. The number of amides is 1. The maximum atomic E-state index is 12.6. The van der Waals surface area contributed by atoms with Crippen LogP contribution in [0.25, 0.3) is 5.52 Å². The van der Waals surface area contributed by atoms with Crippen LogP contribution in [0, 0.1) is 5.92 Å². The van der Waals surface area contributed by atoms with Crippen molar-refractivity contribution in [2.24, 2.45) is 5.92 Å². The summed E-state index contributed by atoms with van der Waals surface area (Å²) in [5.41, 5.74) is 0.126. The zero-order valence-electron chi connectivity index (χ0n) is 13.7. The molecule has 0 radical (unpaired) electrons. The van der Waals surface area contributed by atoms with Gasteiger partial charge in [-0.3, -0.25) is 9.59 Å². The van der Waals surface area contributed by atoms with Gasteiger partial charge in [-0.15, -0.1) is 0 Å². The average Bonchev–Trinajstić information content (AvgIpc) is 3.16. The Hall–Kier alpha value is -2.22. The van der Waals surface area contributed by atoms with E-state index in [0.717, 1.165) is 13.0 Å². The van der Waals surface area contributed by atoms with Gasteiger partial charge in [0, 0.05) is 19.1 Å². The standard InChI is InChI=1S/C15H22N6O2/c1-4-11-7-19(8-13(11)18(2)3)14(22)9-20-15(23)12-5-6-16-21(12)10-17-20/h5-6,10-11,13H,4,7-9H2,1-3H3. The fourth-order valence-electron chi connectivity index (χ4n) is 3.26. The monoisotopic (exact) mass is 318 g/mol. The molecule has 3 heterocycles. The lowest BCUT2D eigenvalue weighted by molar-refractivity contribution is -0.131. The molecule has 0 aliphatic carbocycles. The summed E-state index contributed by atoms with van der Waals surface area (Å²) in [6.45, 7) is 3.56. The molecule has 2 aromatic heterocycles. The largest absolute Gasteiger partial charge is 0.339 e. The van der Waals surface area contributed by atoms with Gasteiger partial charge in [-0.2, -0.15) is 10.2 Å². The summed E-state index contributed by atoms with van der Waals surface area (Å²) in [7, 11) is 4.09. The summed E-state index contributed by atoms with van der Waals surface area (Å²) in [6, 6.07) is 1.99. The van der Waals surface area contributed by atoms with Crippen LogP contribution in [0.4, 0.5) is 0 Å². The maximum Gasteiger partial charge on any atom is 0.293 e. The molecule has 8 heteroatoms. The summed E-state index contributed by atoms with van der Waals surface area (Å²) < 4.78 is 2.62. The van der Waals surface area contributed by atoms with Crippen molar-refractivity contribution in [2.75, 3.05) is 27.2 Å². The molecule has 1 aliphatic heterocycles. The molecular weight excluding hydrogens is 296 g/mol. The Kier molecular flexibility index (Phi) is 4.16. The summed E-state index contributed by atoms with van der Waals surface area (Å²) in [6.07, 6.45) is 4.02. The van der Waals surface area contributed by atoms with Crippen molar-refractivity contribution in [2.45, 2.75) is 25.9 Å². The van der Waals surface area contributed by atoms with Gasteiger partial charge in [0.25, 0.3) is 5.56 Å². The van der Waals surface area contributed by atoms with E-state index < -0.39 is 0 Å². The number of rotatable bonds is 4. The molecule has 2 aromatic rings. The van der Waals surface area contributed by atoms with Crippen LogP contribution in [0.15, 0.2) is 23.4 Å². The fourth-order valence-corrected chi connectivity index (χ4v) is 3.26. The van der Waals surface area contributed by atoms with Crippen molar-refractivity contribution in [3.05, 3.63) is 28.9 Å². The Morgan fingerprint density at radius 2 is 2.13 bits per heavy atom. The van der Waals surface area contributed by atoms with Crippen LogP contribution >= 0.6 is 0 Å². The third kappa shape index (κ3) is 2.86. The molecule has 0 saturated carbocycles. The number of likely N-dealkylation sites (tertiary alicyclic amines) is 1. The van der Waals surface area contributed by atoms with E-state index in [1.807, 2.05) is 19.0 Å². The highest BCUT2D eigenvalue weighted by atomic mass is 16.2. The molecule has 0 N–H and O–H groups in total. The highest BCUT2D eigenvalue weighted by molar-refractivity contribution is 5.76. The molecule has 124 valence electrons. The highest BCUT2D eigenvalue weighted by Crippen LogP contribution is 2.23. The first-order valence-corrected chi connectivity index (χ1v) is 7.85. The van der Waals surface area contributed by atoms with E-state index in [0.29, 0.717) is 24.0 Å². The molecule has 3 rings (SSSR count). The molecule has 1 fully saturated rings. The molecule has 2 unspecified atom stereocenters. The molecule has 1 aliphatic rings. The molecule has 0 bridgehead atoms. The van der Waals surface area contributed by atoms with Gasteiger partial charge in [0.1, 0.15) is 18.4 Å². The molecule has 8 nitrogen and oxygen atoms in total. The average molecular weight is 318 g/mol. The van der Waals surface area contributed by atoms with Crippen molar-refractivity contribution >= 4 is 11.4 Å². The number of carbonyl (C=O) groups is 1. The molecular formula is C15H22N6O2. The van der Waals surface area contributed by atoms with Gasteiger partial charge in [-0.1, -0.05) is 13.3 Å². The van der Waals surface area contributed by atoms with Crippen molar-refractivity contribution < 1.29 is 4.79 Å². The van der Waals surface area contributed by atoms with Gasteiger partial charge in [0.05, 0.1) is 6.20 Å². The van der Waals surface area contributed by atoms with Crippen LogP contribution in [0.2, 0.25) is 0 Å². The number of fused-ring (bicyclic) bond motifs is 1. The van der Waals surface area contributed by atoms with Gasteiger partial charge < -0.3 is 9.80 Å². The number of carbonyl (C=O) groups excluding carboxylic acids is 1. The minimum absolute atomic E-state index is 0.0307. The predicted molar refractivity (Wildman–Crippen MR) is 85.1 cm³/mol. The number of hydrogen-bond acceptors (Lipinski definition) is 5. The maximum absolute atomic E-state index is 12.6.